The molecule has 1 unspecified atom stereocenters. The van der Waals surface area contributed by atoms with Gasteiger partial charge in [0.05, 0.1) is 12.1 Å². The minimum absolute atomic E-state index is 0.116. The summed E-state index contributed by atoms with van der Waals surface area (Å²) in [6.07, 6.45) is 2.66. The molecule has 4 heteroatoms. The van der Waals surface area contributed by atoms with E-state index in [1.807, 2.05) is 30.5 Å². The zero-order valence-corrected chi connectivity index (χ0v) is 9.89. The second kappa shape index (κ2) is 5.72. The number of fused-ring (bicyclic) bond motifs is 1. The Morgan fingerprint density at radius 2 is 2.18 bits per heavy atom. The van der Waals surface area contributed by atoms with Crippen molar-refractivity contribution >= 4 is 10.9 Å². The summed E-state index contributed by atoms with van der Waals surface area (Å²) in [5.41, 5.74) is 5.01. The number of methoxy groups -OCH3 is 1. The van der Waals surface area contributed by atoms with Crippen molar-refractivity contribution in [2.75, 3.05) is 13.7 Å². The monoisotopic (exact) mass is 231 g/mol. The summed E-state index contributed by atoms with van der Waals surface area (Å²) < 4.78 is 5.12. The molecule has 3 N–H and O–H groups in total. The predicted molar refractivity (Wildman–Crippen MR) is 68.4 cm³/mol. The highest BCUT2D eigenvalue weighted by molar-refractivity contribution is 5.81. The molecule has 0 saturated carbocycles. The van der Waals surface area contributed by atoms with Crippen LogP contribution in [-0.2, 0) is 11.2 Å². The first kappa shape index (κ1) is 12.0. The first-order chi connectivity index (χ1) is 8.35. The van der Waals surface area contributed by atoms with Crippen molar-refractivity contribution in [2.45, 2.75) is 12.5 Å². The second-order valence-corrected chi connectivity index (χ2v) is 4.01. The van der Waals surface area contributed by atoms with Crippen molar-refractivity contribution in [3.8, 4) is 0 Å². The lowest BCUT2D eigenvalue weighted by molar-refractivity contribution is 0.166. The molecule has 2 rings (SSSR count). The van der Waals surface area contributed by atoms with Crippen molar-refractivity contribution in [2.24, 2.45) is 5.84 Å². The quantitative estimate of drug-likeness (QED) is 0.600. The Morgan fingerprint density at radius 1 is 1.35 bits per heavy atom. The van der Waals surface area contributed by atoms with E-state index < -0.39 is 0 Å². The van der Waals surface area contributed by atoms with Gasteiger partial charge in [0.1, 0.15) is 0 Å². The number of rotatable bonds is 5. The Hall–Kier alpha value is -1.49. The van der Waals surface area contributed by atoms with Crippen LogP contribution in [0.2, 0.25) is 0 Å². The highest BCUT2D eigenvalue weighted by atomic mass is 16.5. The Kier molecular flexibility index (Phi) is 4.03. The third-order valence-corrected chi connectivity index (χ3v) is 2.81. The molecule has 0 amide bonds. The maximum atomic E-state index is 5.51. The number of nitrogens with two attached hydrogens (primary N) is 1. The van der Waals surface area contributed by atoms with Gasteiger partial charge in [0, 0.05) is 24.7 Å². The highest BCUT2D eigenvalue weighted by Gasteiger charge is 2.09. The molecule has 0 aliphatic heterocycles. The van der Waals surface area contributed by atoms with E-state index in [-0.39, 0.29) is 6.04 Å². The SMILES string of the molecule is COCC(Cc1ccnc2ccccc12)NN. The lowest BCUT2D eigenvalue weighted by atomic mass is 10.0. The topological polar surface area (TPSA) is 60.2 Å². The molecule has 1 atom stereocenters. The van der Waals surface area contributed by atoms with Gasteiger partial charge in [-0.25, -0.2) is 0 Å². The van der Waals surface area contributed by atoms with Gasteiger partial charge in [-0.05, 0) is 24.1 Å². The zero-order chi connectivity index (χ0) is 12.1. The highest BCUT2D eigenvalue weighted by Crippen LogP contribution is 2.17. The molecular formula is C13H17N3O. The third-order valence-electron chi connectivity index (χ3n) is 2.81. The summed E-state index contributed by atoms with van der Waals surface area (Å²) >= 11 is 0. The Labute approximate surface area is 101 Å². The maximum absolute atomic E-state index is 5.51. The van der Waals surface area contributed by atoms with E-state index in [1.165, 1.54) is 10.9 Å². The van der Waals surface area contributed by atoms with Gasteiger partial charge in [0.25, 0.3) is 0 Å². The van der Waals surface area contributed by atoms with Crippen molar-refractivity contribution in [1.82, 2.24) is 10.4 Å². The predicted octanol–water partition coefficient (Wildman–Crippen LogP) is 1.26. The molecule has 1 heterocycles. The normalized spacial score (nSPS) is 12.8. The van der Waals surface area contributed by atoms with Crippen molar-refractivity contribution < 1.29 is 4.74 Å². The first-order valence-electron chi connectivity index (χ1n) is 5.63. The molecule has 1 aromatic carbocycles. The average Bonchev–Trinajstić information content (AvgIpc) is 2.38. The second-order valence-electron chi connectivity index (χ2n) is 4.01. The van der Waals surface area contributed by atoms with Crippen LogP contribution in [0.25, 0.3) is 10.9 Å². The summed E-state index contributed by atoms with van der Waals surface area (Å²) in [7, 11) is 1.68. The smallest absolute Gasteiger partial charge is 0.0704 e. The number of nitrogens with zero attached hydrogens (tertiary/aromatic N) is 1. The number of hydrogen-bond acceptors (Lipinski definition) is 4. The van der Waals surface area contributed by atoms with E-state index in [0.717, 1.165) is 11.9 Å². The molecule has 4 nitrogen and oxygen atoms in total. The minimum Gasteiger partial charge on any atom is -0.383 e. The van der Waals surface area contributed by atoms with Crippen LogP contribution >= 0.6 is 0 Å². The van der Waals surface area contributed by atoms with E-state index in [0.29, 0.717) is 6.61 Å². The Balaban J connectivity index is 2.28. The van der Waals surface area contributed by atoms with Crippen LogP contribution in [-0.4, -0.2) is 24.7 Å². The molecule has 2 aromatic rings. The summed E-state index contributed by atoms with van der Waals surface area (Å²) in [5.74, 6) is 5.51. The minimum atomic E-state index is 0.116. The molecule has 90 valence electrons. The van der Waals surface area contributed by atoms with Crippen LogP contribution in [0.15, 0.2) is 36.5 Å². The molecule has 1 aromatic heterocycles. The Bertz CT molecular complexity index is 482. The number of aromatic nitrogens is 1. The van der Waals surface area contributed by atoms with Crippen LogP contribution in [0.4, 0.5) is 0 Å². The molecule has 17 heavy (non-hydrogen) atoms. The molecule has 0 fully saturated rings. The van der Waals surface area contributed by atoms with Crippen molar-refractivity contribution in [3.05, 3.63) is 42.1 Å². The van der Waals surface area contributed by atoms with Crippen LogP contribution in [0.3, 0.4) is 0 Å². The molecule has 0 aliphatic carbocycles. The average molecular weight is 231 g/mol. The van der Waals surface area contributed by atoms with Gasteiger partial charge in [0.2, 0.25) is 0 Å². The largest absolute Gasteiger partial charge is 0.383 e. The van der Waals surface area contributed by atoms with E-state index in [4.69, 9.17) is 10.6 Å². The van der Waals surface area contributed by atoms with Gasteiger partial charge in [-0.15, -0.1) is 0 Å². The number of hydrazine groups is 1. The van der Waals surface area contributed by atoms with E-state index in [9.17, 15) is 0 Å². The fourth-order valence-electron chi connectivity index (χ4n) is 1.97. The number of hydrogen-bond donors (Lipinski definition) is 2. The molecule has 0 saturated heterocycles. The number of ether oxygens (including phenoxy) is 1. The third kappa shape index (κ3) is 2.79. The molecule has 0 radical (unpaired) electrons. The van der Waals surface area contributed by atoms with Gasteiger partial charge in [-0.3, -0.25) is 16.3 Å². The maximum Gasteiger partial charge on any atom is 0.0704 e. The van der Waals surface area contributed by atoms with Gasteiger partial charge in [-0.2, -0.15) is 0 Å². The molecule has 0 spiro atoms. The lowest BCUT2D eigenvalue weighted by Gasteiger charge is -2.15. The summed E-state index contributed by atoms with van der Waals surface area (Å²) in [4.78, 5) is 4.34. The fourth-order valence-corrected chi connectivity index (χ4v) is 1.97. The number of para-hydroxylation sites is 1. The zero-order valence-electron chi connectivity index (χ0n) is 9.89. The van der Waals surface area contributed by atoms with Gasteiger partial charge < -0.3 is 4.74 Å². The van der Waals surface area contributed by atoms with Crippen LogP contribution in [0, 0.1) is 0 Å². The van der Waals surface area contributed by atoms with Crippen LogP contribution in [0.5, 0.6) is 0 Å². The molecular weight excluding hydrogens is 214 g/mol. The summed E-state index contributed by atoms with van der Waals surface area (Å²) in [5, 5.41) is 1.17. The van der Waals surface area contributed by atoms with Gasteiger partial charge in [-0.1, -0.05) is 18.2 Å². The van der Waals surface area contributed by atoms with E-state index in [2.05, 4.69) is 16.5 Å². The van der Waals surface area contributed by atoms with E-state index >= 15 is 0 Å². The number of benzene rings is 1. The number of pyridine rings is 1. The molecule has 0 aliphatic rings. The first-order valence-corrected chi connectivity index (χ1v) is 5.63. The van der Waals surface area contributed by atoms with Crippen LogP contribution in [0.1, 0.15) is 5.56 Å². The lowest BCUT2D eigenvalue weighted by Crippen LogP contribution is -2.40. The van der Waals surface area contributed by atoms with Crippen LogP contribution < -0.4 is 11.3 Å². The fraction of sp³-hybridized carbons (Fsp3) is 0.308. The Morgan fingerprint density at radius 3 is 2.94 bits per heavy atom. The van der Waals surface area contributed by atoms with Gasteiger partial charge >= 0.3 is 0 Å². The van der Waals surface area contributed by atoms with E-state index in [1.54, 1.807) is 7.11 Å². The molecule has 0 bridgehead atoms. The number of nitrogens with one attached hydrogen (secondary N) is 1. The summed E-state index contributed by atoms with van der Waals surface area (Å²) in [6.45, 7) is 0.590. The standard InChI is InChI=1S/C13H17N3O/c1-17-9-11(16-14)8-10-6-7-15-13-5-3-2-4-12(10)13/h2-7,11,16H,8-9,14H2,1H3. The summed E-state index contributed by atoms with van der Waals surface area (Å²) in [6, 6.07) is 10.3. The van der Waals surface area contributed by atoms with Crippen molar-refractivity contribution in [3.63, 3.8) is 0 Å². The van der Waals surface area contributed by atoms with Gasteiger partial charge in [0.15, 0.2) is 0 Å². The van der Waals surface area contributed by atoms with Crippen molar-refractivity contribution in [1.29, 1.82) is 0 Å².